The van der Waals surface area contributed by atoms with Crippen LogP contribution in [0.1, 0.15) is 16.2 Å². The molecule has 1 unspecified atom stereocenters. The average Bonchev–Trinajstić information content (AvgIpc) is 2.47. The van der Waals surface area contributed by atoms with Gasteiger partial charge in [0.2, 0.25) is 0 Å². The number of hydrogen-bond acceptors (Lipinski definition) is 4. The summed E-state index contributed by atoms with van der Waals surface area (Å²) in [5.41, 5.74) is 0.767. The first kappa shape index (κ1) is 16.7. The van der Waals surface area contributed by atoms with Crippen LogP contribution in [0.2, 0.25) is 0 Å². The van der Waals surface area contributed by atoms with Gasteiger partial charge in [0.15, 0.2) is 0 Å². The number of carbonyl (C=O) groups is 1. The van der Waals surface area contributed by atoms with Gasteiger partial charge in [0.05, 0.1) is 0 Å². The molecule has 1 fully saturated rings. The van der Waals surface area contributed by atoms with Crippen molar-refractivity contribution in [2.75, 3.05) is 32.7 Å². The lowest BCUT2D eigenvalue weighted by Crippen LogP contribution is -2.57. The Labute approximate surface area is 126 Å². The maximum absolute atomic E-state index is 13.2. The first-order valence-electron chi connectivity index (χ1n) is 7.11. The zero-order valence-corrected chi connectivity index (χ0v) is 12.3. The molecule has 122 valence electrons. The summed E-state index contributed by atoms with van der Waals surface area (Å²) in [4.78, 5) is 17.3. The maximum atomic E-state index is 13.2. The van der Waals surface area contributed by atoms with Crippen molar-refractivity contribution in [2.45, 2.75) is 19.1 Å². The van der Waals surface area contributed by atoms with E-state index < -0.39 is 24.7 Å². The number of aryl methyl sites for hydroxylation is 1. The van der Waals surface area contributed by atoms with Gasteiger partial charge in [-0.2, -0.15) is 13.2 Å². The van der Waals surface area contributed by atoms with Crippen molar-refractivity contribution in [3.63, 3.8) is 0 Å². The van der Waals surface area contributed by atoms with Gasteiger partial charge in [0.1, 0.15) is 11.7 Å². The second kappa shape index (κ2) is 7.06. The molecule has 0 aliphatic carbocycles. The zero-order chi connectivity index (χ0) is 16.2. The van der Waals surface area contributed by atoms with Crippen molar-refractivity contribution in [2.24, 2.45) is 0 Å². The Morgan fingerprint density at radius 3 is 2.68 bits per heavy atom. The molecular weight excluding hydrogens is 297 g/mol. The second-order valence-corrected chi connectivity index (χ2v) is 5.22. The molecule has 0 saturated carbocycles. The molecule has 1 aromatic heterocycles. The van der Waals surface area contributed by atoms with Gasteiger partial charge in [0, 0.05) is 38.4 Å². The number of hydrogen-bond donors (Lipinski definition) is 2. The van der Waals surface area contributed by atoms with Crippen molar-refractivity contribution in [3.8, 4) is 0 Å². The molecular formula is C14H19F3N4O. The molecule has 2 N–H and O–H groups in total. The number of halogens is 3. The number of alkyl halides is 3. The summed E-state index contributed by atoms with van der Waals surface area (Å²) in [7, 11) is 0. The number of piperazine rings is 1. The number of rotatable bonds is 4. The summed E-state index contributed by atoms with van der Waals surface area (Å²) in [5.74, 6) is -0.590. The first-order chi connectivity index (χ1) is 10.4. The van der Waals surface area contributed by atoms with Gasteiger partial charge in [-0.15, -0.1) is 0 Å². The Balaban J connectivity index is 2.00. The molecule has 1 aromatic rings. The van der Waals surface area contributed by atoms with E-state index in [9.17, 15) is 18.0 Å². The van der Waals surface area contributed by atoms with Crippen LogP contribution in [-0.4, -0.2) is 60.7 Å². The highest BCUT2D eigenvalue weighted by Gasteiger charge is 2.43. The van der Waals surface area contributed by atoms with E-state index in [-0.39, 0.29) is 5.69 Å². The minimum Gasteiger partial charge on any atom is -0.349 e. The summed E-state index contributed by atoms with van der Waals surface area (Å²) in [5, 5.41) is 5.36. The van der Waals surface area contributed by atoms with Crippen LogP contribution >= 0.6 is 0 Å². The molecule has 1 atom stereocenters. The van der Waals surface area contributed by atoms with E-state index in [2.05, 4.69) is 15.6 Å². The van der Waals surface area contributed by atoms with Crippen LogP contribution in [0.4, 0.5) is 13.2 Å². The first-order valence-corrected chi connectivity index (χ1v) is 7.11. The fraction of sp³-hybridized carbons (Fsp3) is 0.571. The standard InChI is InChI=1S/C14H19F3N4O/c1-10-3-2-4-11(20-10)13(22)19-9-12(14(15,16)17)21-7-5-18-6-8-21/h2-4,12,18H,5-9H2,1H3,(H,19,22). The summed E-state index contributed by atoms with van der Waals surface area (Å²) < 4.78 is 39.6. The molecule has 1 saturated heterocycles. The van der Waals surface area contributed by atoms with Crippen LogP contribution in [0, 0.1) is 6.92 Å². The highest BCUT2D eigenvalue weighted by molar-refractivity contribution is 5.92. The molecule has 0 aromatic carbocycles. The third kappa shape index (κ3) is 4.41. The third-order valence-electron chi connectivity index (χ3n) is 3.55. The molecule has 2 rings (SSSR count). The van der Waals surface area contributed by atoms with E-state index in [0.717, 1.165) is 0 Å². The maximum Gasteiger partial charge on any atom is 0.405 e. The number of nitrogens with zero attached hydrogens (tertiary/aromatic N) is 2. The van der Waals surface area contributed by atoms with E-state index in [4.69, 9.17) is 0 Å². The van der Waals surface area contributed by atoms with E-state index >= 15 is 0 Å². The molecule has 22 heavy (non-hydrogen) atoms. The van der Waals surface area contributed by atoms with Crippen LogP contribution in [0.5, 0.6) is 0 Å². The van der Waals surface area contributed by atoms with Crippen LogP contribution in [0.15, 0.2) is 18.2 Å². The highest BCUT2D eigenvalue weighted by Crippen LogP contribution is 2.24. The van der Waals surface area contributed by atoms with E-state index in [1.807, 2.05) is 0 Å². The Morgan fingerprint density at radius 2 is 2.09 bits per heavy atom. The van der Waals surface area contributed by atoms with Gasteiger partial charge in [0.25, 0.3) is 5.91 Å². The molecule has 1 aliphatic rings. The molecule has 0 radical (unpaired) electrons. The Hall–Kier alpha value is -1.67. The van der Waals surface area contributed by atoms with Crippen molar-refractivity contribution in [1.29, 1.82) is 0 Å². The van der Waals surface area contributed by atoms with Crippen LogP contribution < -0.4 is 10.6 Å². The van der Waals surface area contributed by atoms with Gasteiger partial charge in [-0.3, -0.25) is 9.69 Å². The second-order valence-electron chi connectivity index (χ2n) is 5.22. The number of aromatic nitrogens is 1. The van der Waals surface area contributed by atoms with E-state index in [0.29, 0.717) is 31.9 Å². The molecule has 1 aliphatic heterocycles. The summed E-state index contributed by atoms with van der Waals surface area (Å²) >= 11 is 0. The highest BCUT2D eigenvalue weighted by atomic mass is 19.4. The normalized spacial score (nSPS) is 18.0. The van der Waals surface area contributed by atoms with Crippen molar-refractivity contribution < 1.29 is 18.0 Å². The average molecular weight is 316 g/mol. The Morgan fingerprint density at radius 1 is 1.41 bits per heavy atom. The molecule has 0 spiro atoms. The number of pyridine rings is 1. The molecule has 0 bridgehead atoms. The lowest BCUT2D eigenvalue weighted by atomic mass is 10.2. The Kier molecular flexibility index (Phi) is 5.36. The van der Waals surface area contributed by atoms with Crippen molar-refractivity contribution in [3.05, 3.63) is 29.6 Å². The SMILES string of the molecule is Cc1cccc(C(=O)NCC(N2CCNCC2)C(F)(F)F)n1. The van der Waals surface area contributed by atoms with Crippen molar-refractivity contribution >= 4 is 5.91 Å². The fourth-order valence-electron chi connectivity index (χ4n) is 2.40. The predicted octanol–water partition coefficient (Wildman–Crippen LogP) is 0.956. The number of amides is 1. The number of nitrogens with one attached hydrogen (secondary N) is 2. The Bertz CT molecular complexity index is 515. The third-order valence-corrected chi connectivity index (χ3v) is 3.55. The fourth-order valence-corrected chi connectivity index (χ4v) is 2.40. The van der Waals surface area contributed by atoms with Gasteiger partial charge in [-0.25, -0.2) is 4.98 Å². The summed E-state index contributed by atoms with van der Waals surface area (Å²) in [6.45, 7) is 2.89. The lowest BCUT2D eigenvalue weighted by Gasteiger charge is -2.35. The van der Waals surface area contributed by atoms with Gasteiger partial charge in [-0.1, -0.05) is 6.07 Å². The topological polar surface area (TPSA) is 57.3 Å². The molecule has 5 nitrogen and oxygen atoms in total. The quantitative estimate of drug-likeness (QED) is 0.869. The van der Waals surface area contributed by atoms with Gasteiger partial charge >= 0.3 is 6.18 Å². The van der Waals surface area contributed by atoms with Crippen LogP contribution in [0.3, 0.4) is 0 Å². The lowest BCUT2D eigenvalue weighted by molar-refractivity contribution is -0.183. The summed E-state index contributed by atoms with van der Waals surface area (Å²) in [6, 6.07) is 3.17. The van der Waals surface area contributed by atoms with Crippen molar-refractivity contribution in [1.82, 2.24) is 20.5 Å². The minimum atomic E-state index is -4.38. The molecule has 8 heteroatoms. The smallest absolute Gasteiger partial charge is 0.349 e. The van der Waals surface area contributed by atoms with Crippen LogP contribution in [0.25, 0.3) is 0 Å². The largest absolute Gasteiger partial charge is 0.405 e. The van der Waals surface area contributed by atoms with Gasteiger partial charge in [-0.05, 0) is 19.1 Å². The van der Waals surface area contributed by atoms with Gasteiger partial charge < -0.3 is 10.6 Å². The molecule has 1 amide bonds. The zero-order valence-electron chi connectivity index (χ0n) is 12.3. The number of carbonyl (C=O) groups excluding carboxylic acids is 1. The van der Waals surface area contributed by atoms with E-state index in [1.165, 1.54) is 11.0 Å². The summed E-state index contributed by atoms with van der Waals surface area (Å²) in [6.07, 6.45) is -4.38. The monoisotopic (exact) mass is 316 g/mol. The minimum absolute atomic E-state index is 0.126. The van der Waals surface area contributed by atoms with Crippen LogP contribution in [-0.2, 0) is 0 Å². The predicted molar refractivity (Wildman–Crippen MR) is 75.6 cm³/mol. The van der Waals surface area contributed by atoms with E-state index in [1.54, 1.807) is 19.1 Å². The molecule has 2 heterocycles.